The number of thiophene rings is 1. The van der Waals surface area contributed by atoms with Crippen LogP contribution in [0.2, 0.25) is 0 Å². The van der Waals surface area contributed by atoms with E-state index in [0.717, 1.165) is 28.8 Å². The standard InChI is InChI=1S/C16H17NOS/c18-16(17-13-8-4-5-9-13)15-14(10-11-19-15)12-6-2-1-3-7-12/h1-3,6-7,10-11,13H,4-5,8-9H2,(H,17,18). The molecule has 0 saturated heterocycles. The molecule has 2 aromatic rings. The molecule has 0 aliphatic heterocycles. The summed E-state index contributed by atoms with van der Waals surface area (Å²) in [7, 11) is 0. The van der Waals surface area contributed by atoms with E-state index >= 15 is 0 Å². The molecule has 1 aromatic heterocycles. The lowest BCUT2D eigenvalue weighted by Gasteiger charge is -2.12. The number of carbonyl (C=O) groups excluding carboxylic acids is 1. The van der Waals surface area contributed by atoms with Crippen LogP contribution in [-0.2, 0) is 0 Å². The summed E-state index contributed by atoms with van der Waals surface area (Å²) < 4.78 is 0. The van der Waals surface area contributed by atoms with E-state index in [1.807, 2.05) is 29.6 Å². The summed E-state index contributed by atoms with van der Waals surface area (Å²) in [6.45, 7) is 0. The van der Waals surface area contributed by atoms with Gasteiger partial charge in [-0.2, -0.15) is 0 Å². The first-order valence-electron chi connectivity index (χ1n) is 6.78. The Hall–Kier alpha value is -1.61. The average Bonchev–Trinajstić information content (AvgIpc) is 3.10. The Balaban J connectivity index is 1.81. The molecule has 0 bridgehead atoms. The molecule has 1 fully saturated rings. The summed E-state index contributed by atoms with van der Waals surface area (Å²) >= 11 is 1.52. The first-order chi connectivity index (χ1) is 9.34. The van der Waals surface area contributed by atoms with E-state index in [1.165, 1.54) is 24.2 Å². The minimum atomic E-state index is 0.0840. The number of hydrogen-bond donors (Lipinski definition) is 1. The van der Waals surface area contributed by atoms with Gasteiger partial charge in [0.05, 0.1) is 4.88 Å². The van der Waals surface area contributed by atoms with E-state index in [1.54, 1.807) is 0 Å². The first-order valence-corrected chi connectivity index (χ1v) is 7.66. The van der Waals surface area contributed by atoms with Crippen molar-refractivity contribution in [3.05, 3.63) is 46.7 Å². The molecule has 1 aliphatic rings. The van der Waals surface area contributed by atoms with Gasteiger partial charge in [0.25, 0.3) is 5.91 Å². The van der Waals surface area contributed by atoms with Crippen molar-refractivity contribution in [2.24, 2.45) is 0 Å². The van der Waals surface area contributed by atoms with Crippen molar-refractivity contribution in [3.63, 3.8) is 0 Å². The van der Waals surface area contributed by atoms with Crippen molar-refractivity contribution in [1.29, 1.82) is 0 Å². The molecule has 1 aliphatic carbocycles. The van der Waals surface area contributed by atoms with Crippen LogP contribution in [0.1, 0.15) is 35.4 Å². The zero-order valence-electron chi connectivity index (χ0n) is 10.8. The lowest BCUT2D eigenvalue weighted by atomic mass is 10.1. The molecular formula is C16H17NOS. The maximum atomic E-state index is 12.4. The fraction of sp³-hybridized carbons (Fsp3) is 0.312. The quantitative estimate of drug-likeness (QED) is 0.895. The zero-order valence-corrected chi connectivity index (χ0v) is 11.6. The Bertz CT molecular complexity index is 555. The minimum Gasteiger partial charge on any atom is -0.349 e. The molecule has 1 heterocycles. The van der Waals surface area contributed by atoms with Crippen molar-refractivity contribution >= 4 is 17.2 Å². The average molecular weight is 271 g/mol. The summed E-state index contributed by atoms with van der Waals surface area (Å²) in [5.41, 5.74) is 2.15. The Morgan fingerprint density at radius 2 is 1.84 bits per heavy atom. The lowest BCUT2D eigenvalue weighted by molar-refractivity contribution is 0.0942. The third kappa shape index (κ3) is 2.71. The largest absolute Gasteiger partial charge is 0.349 e. The van der Waals surface area contributed by atoms with Crippen LogP contribution in [0.25, 0.3) is 11.1 Å². The molecule has 2 nitrogen and oxygen atoms in total. The van der Waals surface area contributed by atoms with Crippen molar-refractivity contribution in [3.8, 4) is 11.1 Å². The van der Waals surface area contributed by atoms with Gasteiger partial charge in [-0.25, -0.2) is 0 Å². The third-order valence-electron chi connectivity index (χ3n) is 3.65. The molecule has 98 valence electrons. The Morgan fingerprint density at radius 3 is 2.58 bits per heavy atom. The van der Waals surface area contributed by atoms with E-state index in [9.17, 15) is 4.79 Å². The van der Waals surface area contributed by atoms with Gasteiger partial charge in [0.15, 0.2) is 0 Å². The fourth-order valence-electron chi connectivity index (χ4n) is 2.65. The second-order valence-corrected chi connectivity index (χ2v) is 5.90. The van der Waals surface area contributed by atoms with E-state index in [-0.39, 0.29) is 5.91 Å². The number of benzene rings is 1. The lowest BCUT2D eigenvalue weighted by Crippen LogP contribution is -2.32. The van der Waals surface area contributed by atoms with Gasteiger partial charge < -0.3 is 5.32 Å². The maximum absolute atomic E-state index is 12.4. The van der Waals surface area contributed by atoms with E-state index < -0.39 is 0 Å². The van der Waals surface area contributed by atoms with Crippen molar-refractivity contribution in [2.45, 2.75) is 31.7 Å². The summed E-state index contributed by atoms with van der Waals surface area (Å²) in [4.78, 5) is 13.2. The molecule has 3 heteroatoms. The van der Waals surface area contributed by atoms with Gasteiger partial charge in [-0.15, -0.1) is 11.3 Å². The van der Waals surface area contributed by atoms with Gasteiger partial charge in [0, 0.05) is 11.6 Å². The second kappa shape index (κ2) is 5.57. The molecule has 0 radical (unpaired) electrons. The number of amides is 1. The highest BCUT2D eigenvalue weighted by molar-refractivity contribution is 7.12. The van der Waals surface area contributed by atoms with Crippen LogP contribution in [0.4, 0.5) is 0 Å². The SMILES string of the molecule is O=C(NC1CCCC1)c1sccc1-c1ccccc1. The van der Waals surface area contributed by atoms with Gasteiger partial charge in [-0.3, -0.25) is 4.79 Å². The van der Waals surface area contributed by atoms with E-state index in [2.05, 4.69) is 17.4 Å². The number of carbonyl (C=O) groups is 1. The predicted octanol–water partition coefficient (Wildman–Crippen LogP) is 4.09. The highest BCUT2D eigenvalue weighted by Gasteiger charge is 2.20. The molecule has 19 heavy (non-hydrogen) atoms. The van der Waals surface area contributed by atoms with Crippen LogP contribution in [0, 0.1) is 0 Å². The van der Waals surface area contributed by atoms with Crippen molar-refractivity contribution < 1.29 is 4.79 Å². The zero-order chi connectivity index (χ0) is 13.1. The van der Waals surface area contributed by atoms with Crippen LogP contribution < -0.4 is 5.32 Å². The number of hydrogen-bond acceptors (Lipinski definition) is 2. The van der Waals surface area contributed by atoms with Gasteiger partial charge in [-0.1, -0.05) is 43.2 Å². The Kier molecular flexibility index (Phi) is 3.65. The fourth-order valence-corrected chi connectivity index (χ4v) is 3.47. The molecule has 1 saturated carbocycles. The summed E-state index contributed by atoms with van der Waals surface area (Å²) in [5, 5.41) is 5.15. The molecule has 1 N–H and O–H groups in total. The molecule has 1 amide bonds. The second-order valence-electron chi connectivity index (χ2n) is 4.98. The van der Waals surface area contributed by atoms with Crippen LogP contribution in [0.3, 0.4) is 0 Å². The molecule has 0 spiro atoms. The Labute approximate surface area is 117 Å². The van der Waals surface area contributed by atoms with Crippen LogP contribution >= 0.6 is 11.3 Å². The topological polar surface area (TPSA) is 29.1 Å². The monoisotopic (exact) mass is 271 g/mol. The van der Waals surface area contributed by atoms with Gasteiger partial charge in [-0.05, 0) is 29.9 Å². The van der Waals surface area contributed by atoms with Crippen LogP contribution in [0.15, 0.2) is 41.8 Å². The van der Waals surface area contributed by atoms with Crippen molar-refractivity contribution in [1.82, 2.24) is 5.32 Å². The predicted molar refractivity (Wildman–Crippen MR) is 79.5 cm³/mol. The number of nitrogens with one attached hydrogen (secondary N) is 1. The maximum Gasteiger partial charge on any atom is 0.262 e. The highest BCUT2D eigenvalue weighted by atomic mass is 32.1. The normalized spacial score (nSPS) is 15.6. The molecule has 0 unspecified atom stereocenters. The smallest absolute Gasteiger partial charge is 0.262 e. The Morgan fingerprint density at radius 1 is 1.11 bits per heavy atom. The van der Waals surface area contributed by atoms with E-state index in [0.29, 0.717) is 6.04 Å². The summed E-state index contributed by atoms with van der Waals surface area (Å²) in [6.07, 6.45) is 4.72. The summed E-state index contributed by atoms with van der Waals surface area (Å²) in [5.74, 6) is 0.0840. The van der Waals surface area contributed by atoms with Crippen molar-refractivity contribution in [2.75, 3.05) is 0 Å². The van der Waals surface area contributed by atoms with Gasteiger partial charge >= 0.3 is 0 Å². The van der Waals surface area contributed by atoms with E-state index in [4.69, 9.17) is 0 Å². The number of rotatable bonds is 3. The van der Waals surface area contributed by atoms with Gasteiger partial charge in [0.2, 0.25) is 0 Å². The van der Waals surface area contributed by atoms with Crippen LogP contribution in [-0.4, -0.2) is 11.9 Å². The molecular weight excluding hydrogens is 254 g/mol. The first kappa shape index (κ1) is 12.4. The highest BCUT2D eigenvalue weighted by Crippen LogP contribution is 2.28. The summed E-state index contributed by atoms with van der Waals surface area (Å²) in [6, 6.07) is 12.5. The van der Waals surface area contributed by atoms with Crippen LogP contribution in [0.5, 0.6) is 0 Å². The molecule has 0 atom stereocenters. The minimum absolute atomic E-state index is 0.0840. The molecule has 1 aromatic carbocycles. The van der Waals surface area contributed by atoms with Gasteiger partial charge in [0.1, 0.15) is 0 Å². The molecule has 3 rings (SSSR count). The third-order valence-corrected chi connectivity index (χ3v) is 4.56.